The lowest BCUT2D eigenvalue weighted by Gasteiger charge is -2.18. The van der Waals surface area contributed by atoms with E-state index in [1.165, 1.54) is 50.5 Å². The van der Waals surface area contributed by atoms with Crippen LogP contribution in [0.1, 0.15) is 90.0 Å². The molecule has 0 spiro atoms. The Morgan fingerprint density at radius 2 is 1.43 bits per heavy atom. The van der Waals surface area contributed by atoms with Crippen molar-refractivity contribution < 1.29 is 18.9 Å². The first-order chi connectivity index (χ1) is 14.9. The van der Waals surface area contributed by atoms with Crippen molar-refractivity contribution in [2.24, 2.45) is 0 Å². The third kappa shape index (κ3) is 16.4. The summed E-state index contributed by atoms with van der Waals surface area (Å²) in [6.07, 6.45) is 17.0. The predicted octanol–water partition coefficient (Wildman–Crippen LogP) is 7.38. The van der Waals surface area contributed by atoms with Crippen molar-refractivity contribution in [1.29, 1.82) is 0 Å². The van der Waals surface area contributed by atoms with E-state index in [0.717, 1.165) is 38.9 Å². The molecule has 0 saturated carbocycles. The molecule has 0 amide bonds. The number of allylic oxidation sites excluding steroid dienone is 1. The molecule has 1 aromatic carbocycles. The van der Waals surface area contributed by atoms with Crippen LogP contribution in [0.5, 0.6) is 0 Å². The van der Waals surface area contributed by atoms with Gasteiger partial charge in [0.15, 0.2) is 13.1 Å². The van der Waals surface area contributed by atoms with Gasteiger partial charge in [-0.1, -0.05) is 76.3 Å². The highest BCUT2D eigenvalue weighted by Crippen LogP contribution is 2.13. The Bertz CT molecular complexity index is 481. The van der Waals surface area contributed by atoms with Crippen molar-refractivity contribution in [3.05, 3.63) is 48.2 Å². The van der Waals surface area contributed by atoms with Crippen LogP contribution >= 0.6 is 0 Å². The van der Waals surface area contributed by atoms with Crippen LogP contribution in [0.25, 0.3) is 0 Å². The Morgan fingerprint density at radius 1 is 0.800 bits per heavy atom. The molecular formula is C26H44O4. The van der Waals surface area contributed by atoms with E-state index < -0.39 is 0 Å². The number of benzene rings is 1. The van der Waals surface area contributed by atoms with Gasteiger partial charge in [0.2, 0.25) is 0 Å². The standard InChI is InChI=1S/C26H44O4/c1-3-20-29-26(30-21-4-2)19-15-10-8-6-5-7-9-11-16-22-27-24-28-23-25-17-13-12-14-18-25/h12-14,16-18,22,26H,3-11,15,19-21,23-24H2,1-2H3. The van der Waals surface area contributed by atoms with E-state index in [4.69, 9.17) is 18.9 Å². The summed E-state index contributed by atoms with van der Waals surface area (Å²) in [5.74, 6) is 0. The second kappa shape index (κ2) is 20.9. The lowest BCUT2D eigenvalue weighted by molar-refractivity contribution is -0.146. The number of hydrogen-bond acceptors (Lipinski definition) is 4. The van der Waals surface area contributed by atoms with E-state index in [-0.39, 0.29) is 6.29 Å². The monoisotopic (exact) mass is 420 g/mol. The molecule has 0 atom stereocenters. The minimum atomic E-state index is 0.00245. The summed E-state index contributed by atoms with van der Waals surface area (Å²) in [7, 11) is 0. The highest BCUT2D eigenvalue weighted by atomic mass is 16.7. The Balaban J connectivity index is 1.84. The molecular weight excluding hydrogens is 376 g/mol. The fourth-order valence-electron chi connectivity index (χ4n) is 3.13. The molecule has 0 unspecified atom stereocenters. The fraction of sp³-hybridized carbons (Fsp3) is 0.692. The Labute approximate surface area is 184 Å². The van der Waals surface area contributed by atoms with E-state index in [1.807, 2.05) is 18.2 Å². The number of hydrogen-bond donors (Lipinski definition) is 0. The van der Waals surface area contributed by atoms with Crippen LogP contribution in [0.4, 0.5) is 0 Å². The van der Waals surface area contributed by atoms with Crippen molar-refractivity contribution in [2.75, 3.05) is 20.0 Å². The van der Waals surface area contributed by atoms with Crippen molar-refractivity contribution in [1.82, 2.24) is 0 Å². The van der Waals surface area contributed by atoms with Crippen LogP contribution in [-0.4, -0.2) is 26.3 Å². The smallest absolute Gasteiger partial charge is 0.188 e. The molecule has 0 fully saturated rings. The summed E-state index contributed by atoms with van der Waals surface area (Å²) in [5.41, 5.74) is 1.17. The summed E-state index contributed by atoms with van der Waals surface area (Å²) >= 11 is 0. The topological polar surface area (TPSA) is 36.9 Å². The first-order valence-corrected chi connectivity index (χ1v) is 12.0. The number of ether oxygens (including phenoxy) is 4. The summed E-state index contributed by atoms with van der Waals surface area (Å²) in [4.78, 5) is 0. The average molecular weight is 421 g/mol. The Hall–Kier alpha value is -1.36. The largest absolute Gasteiger partial charge is 0.475 e. The molecule has 1 rings (SSSR count). The van der Waals surface area contributed by atoms with E-state index in [9.17, 15) is 0 Å². The molecule has 1 aromatic rings. The van der Waals surface area contributed by atoms with E-state index in [2.05, 4.69) is 32.1 Å². The van der Waals surface area contributed by atoms with Crippen LogP contribution < -0.4 is 0 Å². The molecule has 0 aliphatic carbocycles. The van der Waals surface area contributed by atoms with E-state index in [0.29, 0.717) is 13.4 Å². The first-order valence-electron chi connectivity index (χ1n) is 12.0. The van der Waals surface area contributed by atoms with Crippen LogP contribution in [0, 0.1) is 0 Å². The zero-order valence-corrected chi connectivity index (χ0v) is 19.4. The highest BCUT2D eigenvalue weighted by molar-refractivity contribution is 5.13. The zero-order chi connectivity index (χ0) is 21.5. The summed E-state index contributed by atoms with van der Waals surface area (Å²) in [6.45, 7) is 6.78. The van der Waals surface area contributed by atoms with Gasteiger partial charge in [0.1, 0.15) is 0 Å². The molecule has 0 bridgehead atoms. The third-order valence-electron chi connectivity index (χ3n) is 4.78. The quantitative estimate of drug-likeness (QED) is 0.118. The molecule has 30 heavy (non-hydrogen) atoms. The molecule has 0 radical (unpaired) electrons. The van der Waals surface area contributed by atoms with Gasteiger partial charge in [-0.2, -0.15) is 0 Å². The van der Waals surface area contributed by atoms with Crippen LogP contribution in [0.2, 0.25) is 0 Å². The molecule has 0 aliphatic rings. The second-order valence-corrected chi connectivity index (χ2v) is 7.71. The molecule has 0 saturated heterocycles. The van der Waals surface area contributed by atoms with Crippen molar-refractivity contribution in [3.8, 4) is 0 Å². The first kappa shape index (κ1) is 26.7. The van der Waals surface area contributed by atoms with E-state index in [1.54, 1.807) is 6.26 Å². The van der Waals surface area contributed by atoms with Crippen molar-refractivity contribution in [2.45, 2.75) is 97.4 Å². The van der Waals surface area contributed by atoms with Gasteiger partial charge < -0.3 is 18.9 Å². The van der Waals surface area contributed by atoms with Gasteiger partial charge >= 0.3 is 0 Å². The van der Waals surface area contributed by atoms with Crippen molar-refractivity contribution in [3.63, 3.8) is 0 Å². The van der Waals surface area contributed by atoms with Gasteiger partial charge in [-0.25, -0.2) is 0 Å². The van der Waals surface area contributed by atoms with Crippen LogP contribution in [0.15, 0.2) is 42.7 Å². The summed E-state index contributed by atoms with van der Waals surface area (Å²) < 4.78 is 22.4. The Kier molecular flexibility index (Phi) is 18.6. The predicted molar refractivity (Wildman–Crippen MR) is 124 cm³/mol. The van der Waals surface area contributed by atoms with E-state index >= 15 is 0 Å². The van der Waals surface area contributed by atoms with Gasteiger partial charge in [0, 0.05) is 13.2 Å². The Morgan fingerprint density at radius 3 is 2.10 bits per heavy atom. The molecule has 172 valence electrons. The fourth-order valence-corrected chi connectivity index (χ4v) is 3.13. The minimum Gasteiger partial charge on any atom is -0.475 e. The maximum atomic E-state index is 5.78. The lowest BCUT2D eigenvalue weighted by Crippen LogP contribution is -2.18. The number of unbranched alkanes of at least 4 members (excludes halogenated alkanes) is 7. The second-order valence-electron chi connectivity index (χ2n) is 7.71. The van der Waals surface area contributed by atoms with Gasteiger partial charge in [-0.15, -0.1) is 0 Å². The van der Waals surface area contributed by atoms with Gasteiger partial charge in [0.05, 0.1) is 12.9 Å². The maximum absolute atomic E-state index is 5.78. The molecule has 4 nitrogen and oxygen atoms in total. The zero-order valence-electron chi connectivity index (χ0n) is 19.4. The molecule has 0 aromatic heterocycles. The third-order valence-corrected chi connectivity index (χ3v) is 4.78. The maximum Gasteiger partial charge on any atom is 0.188 e. The normalized spacial score (nSPS) is 11.6. The van der Waals surface area contributed by atoms with Crippen LogP contribution in [-0.2, 0) is 25.6 Å². The van der Waals surface area contributed by atoms with Gasteiger partial charge in [-0.05, 0) is 50.2 Å². The lowest BCUT2D eigenvalue weighted by atomic mass is 10.1. The average Bonchev–Trinajstić information content (AvgIpc) is 2.78. The number of rotatable bonds is 21. The van der Waals surface area contributed by atoms with Crippen LogP contribution in [0.3, 0.4) is 0 Å². The molecule has 0 heterocycles. The van der Waals surface area contributed by atoms with Gasteiger partial charge in [0.25, 0.3) is 0 Å². The van der Waals surface area contributed by atoms with Gasteiger partial charge in [-0.3, -0.25) is 0 Å². The molecule has 4 heteroatoms. The SMILES string of the molecule is CCCOC(CCCCCCCCCC=COCOCc1ccccc1)OCCC. The summed E-state index contributed by atoms with van der Waals surface area (Å²) in [6, 6.07) is 10.1. The minimum absolute atomic E-state index is 0.00245. The molecule has 0 aliphatic heterocycles. The van der Waals surface area contributed by atoms with Crippen molar-refractivity contribution >= 4 is 0 Å². The molecule has 0 N–H and O–H groups in total. The highest BCUT2D eigenvalue weighted by Gasteiger charge is 2.08. The summed E-state index contributed by atoms with van der Waals surface area (Å²) in [5, 5.41) is 0.